The summed E-state index contributed by atoms with van der Waals surface area (Å²) in [5, 5.41) is 8.68. The van der Waals surface area contributed by atoms with Gasteiger partial charge in [0.2, 0.25) is 0 Å². The molecule has 0 aliphatic rings. The summed E-state index contributed by atoms with van der Waals surface area (Å²) in [5.41, 5.74) is -0.981. The molecular formula is C13H13F4NO3. The molecule has 0 fully saturated rings. The Morgan fingerprint density at radius 2 is 1.76 bits per heavy atom. The second-order valence-corrected chi connectivity index (χ2v) is 4.39. The van der Waals surface area contributed by atoms with Crippen LogP contribution in [0.2, 0.25) is 0 Å². The molecular weight excluding hydrogens is 294 g/mol. The van der Waals surface area contributed by atoms with E-state index < -0.39 is 53.2 Å². The fourth-order valence-corrected chi connectivity index (χ4v) is 1.90. The number of nitrogens with zero attached hydrogens (tertiary/aromatic N) is 1. The maximum Gasteiger partial charge on any atom is 0.305 e. The molecule has 116 valence electrons. The molecule has 21 heavy (non-hydrogen) atoms. The lowest BCUT2D eigenvalue weighted by Gasteiger charge is -2.27. The summed E-state index contributed by atoms with van der Waals surface area (Å²) in [5.74, 6) is -9.89. The molecule has 1 rings (SSSR count). The van der Waals surface area contributed by atoms with Crippen molar-refractivity contribution in [1.29, 1.82) is 0 Å². The highest BCUT2D eigenvalue weighted by molar-refractivity contribution is 5.95. The summed E-state index contributed by atoms with van der Waals surface area (Å²) in [7, 11) is 0. The van der Waals surface area contributed by atoms with Gasteiger partial charge in [0.05, 0.1) is 12.0 Å². The molecule has 8 heteroatoms. The van der Waals surface area contributed by atoms with E-state index in [4.69, 9.17) is 5.11 Å². The molecule has 0 heterocycles. The molecule has 0 aliphatic heterocycles. The van der Waals surface area contributed by atoms with Crippen molar-refractivity contribution in [1.82, 2.24) is 4.90 Å². The van der Waals surface area contributed by atoms with Crippen molar-refractivity contribution < 1.29 is 32.3 Å². The quantitative estimate of drug-likeness (QED) is 0.517. The second kappa shape index (κ2) is 6.55. The number of amides is 1. The predicted molar refractivity (Wildman–Crippen MR) is 64.7 cm³/mol. The van der Waals surface area contributed by atoms with Crippen molar-refractivity contribution in [2.75, 3.05) is 6.54 Å². The van der Waals surface area contributed by atoms with Crippen molar-refractivity contribution in [2.45, 2.75) is 26.3 Å². The number of halogens is 4. The normalized spacial score (nSPS) is 12.1. The smallest absolute Gasteiger partial charge is 0.305 e. The molecule has 1 atom stereocenters. The molecule has 0 spiro atoms. The highest BCUT2D eigenvalue weighted by Crippen LogP contribution is 2.21. The number of carbonyl (C=O) groups is 2. The topological polar surface area (TPSA) is 57.6 Å². The van der Waals surface area contributed by atoms with Gasteiger partial charge in [0.1, 0.15) is 0 Å². The van der Waals surface area contributed by atoms with Crippen LogP contribution in [0.1, 0.15) is 30.6 Å². The van der Waals surface area contributed by atoms with Crippen LogP contribution in [-0.4, -0.2) is 34.5 Å². The Labute approximate surface area is 118 Å². The average Bonchev–Trinajstić information content (AvgIpc) is 2.40. The van der Waals surface area contributed by atoms with E-state index in [0.717, 1.165) is 4.90 Å². The van der Waals surface area contributed by atoms with E-state index in [1.54, 1.807) is 0 Å². The third-order valence-electron chi connectivity index (χ3n) is 2.94. The predicted octanol–water partition coefficient (Wildman–Crippen LogP) is 2.57. The summed E-state index contributed by atoms with van der Waals surface area (Å²) in [6.07, 6.45) is -0.423. The molecule has 0 aliphatic carbocycles. The molecule has 1 unspecified atom stereocenters. The second-order valence-electron chi connectivity index (χ2n) is 4.39. The van der Waals surface area contributed by atoms with E-state index in [9.17, 15) is 27.2 Å². The van der Waals surface area contributed by atoms with Crippen LogP contribution in [0.4, 0.5) is 17.6 Å². The Hall–Kier alpha value is -2.12. The van der Waals surface area contributed by atoms with Gasteiger partial charge in [0.15, 0.2) is 23.3 Å². The van der Waals surface area contributed by atoms with Gasteiger partial charge in [-0.15, -0.1) is 0 Å². The standard InChI is InChI=1S/C13H13F4NO3/c1-3-18(6(2)4-9(19)20)13(21)7-5-8(14)11(16)12(17)10(7)15/h5-6H,3-4H2,1-2H3,(H,19,20). The van der Waals surface area contributed by atoms with Crippen LogP contribution in [0.3, 0.4) is 0 Å². The van der Waals surface area contributed by atoms with Crippen molar-refractivity contribution in [3.05, 3.63) is 34.9 Å². The van der Waals surface area contributed by atoms with Crippen molar-refractivity contribution in [3.8, 4) is 0 Å². The molecule has 4 nitrogen and oxygen atoms in total. The monoisotopic (exact) mass is 307 g/mol. The molecule has 0 saturated carbocycles. The SMILES string of the molecule is CCN(C(=O)c1cc(F)c(F)c(F)c1F)C(C)CC(=O)O. The first kappa shape index (κ1) is 16.9. The fraction of sp³-hybridized carbons (Fsp3) is 0.385. The van der Waals surface area contributed by atoms with Gasteiger partial charge in [-0.25, -0.2) is 17.6 Å². The van der Waals surface area contributed by atoms with Crippen LogP contribution < -0.4 is 0 Å². The molecule has 0 radical (unpaired) electrons. The molecule has 0 bridgehead atoms. The molecule has 1 aromatic carbocycles. The van der Waals surface area contributed by atoms with Gasteiger partial charge in [-0.1, -0.05) is 0 Å². The number of benzene rings is 1. The van der Waals surface area contributed by atoms with E-state index in [1.165, 1.54) is 13.8 Å². The number of carboxylic acid groups (broad SMARTS) is 1. The van der Waals surface area contributed by atoms with E-state index in [1.807, 2.05) is 0 Å². The summed E-state index contributed by atoms with van der Waals surface area (Å²) >= 11 is 0. The van der Waals surface area contributed by atoms with Gasteiger partial charge in [0, 0.05) is 12.6 Å². The van der Waals surface area contributed by atoms with Crippen LogP contribution in [0.25, 0.3) is 0 Å². The zero-order valence-electron chi connectivity index (χ0n) is 11.3. The molecule has 1 amide bonds. The molecule has 0 aromatic heterocycles. The largest absolute Gasteiger partial charge is 0.481 e. The van der Waals surface area contributed by atoms with Crippen molar-refractivity contribution >= 4 is 11.9 Å². The van der Waals surface area contributed by atoms with Crippen LogP contribution in [-0.2, 0) is 4.79 Å². The summed E-state index contributed by atoms with van der Waals surface area (Å²) in [6.45, 7) is 2.88. The first-order valence-corrected chi connectivity index (χ1v) is 6.06. The van der Waals surface area contributed by atoms with Crippen LogP contribution >= 0.6 is 0 Å². The Balaban J connectivity index is 3.20. The zero-order chi connectivity index (χ0) is 16.3. The Bertz CT molecular complexity index is 577. The lowest BCUT2D eigenvalue weighted by Crippen LogP contribution is -2.40. The van der Waals surface area contributed by atoms with Crippen molar-refractivity contribution in [2.24, 2.45) is 0 Å². The van der Waals surface area contributed by atoms with Crippen molar-refractivity contribution in [3.63, 3.8) is 0 Å². The third-order valence-corrected chi connectivity index (χ3v) is 2.94. The third kappa shape index (κ3) is 3.50. The number of aliphatic carboxylic acids is 1. The van der Waals surface area contributed by atoms with Gasteiger partial charge in [-0.2, -0.15) is 0 Å². The van der Waals surface area contributed by atoms with Gasteiger partial charge < -0.3 is 10.0 Å². The first-order chi connectivity index (χ1) is 9.70. The Kier molecular flexibility index (Phi) is 5.28. The maximum atomic E-state index is 13.6. The maximum absolute atomic E-state index is 13.6. The minimum Gasteiger partial charge on any atom is -0.481 e. The summed E-state index contributed by atoms with van der Waals surface area (Å²) in [6, 6.07) is -0.567. The highest BCUT2D eigenvalue weighted by atomic mass is 19.2. The van der Waals surface area contributed by atoms with Gasteiger partial charge in [-0.3, -0.25) is 9.59 Å². The number of rotatable bonds is 5. The van der Waals surface area contributed by atoms with Gasteiger partial charge >= 0.3 is 5.97 Å². The molecule has 0 saturated heterocycles. The van der Waals surface area contributed by atoms with E-state index in [-0.39, 0.29) is 12.6 Å². The lowest BCUT2D eigenvalue weighted by molar-refractivity contribution is -0.138. The highest BCUT2D eigenvalue weighted by Gasteiger charge is 2.28. The Morgan fingerprint density at radius 1 is 1.19 bits per heavy atom. The fourth-order valence-electron chi connectivity index (χ4n) is 1.90. The van der Waals surface area contributed by atoms with Crippen LogP contribution in [0.5, 0.6) is 0 Å². The molecule has 1 N–H and O–H groups in total. The zero-order valence-corrected chi connectivity index (χ0v) is 11.3. The van der Waals surface area contributed by atoms with Crippen LogP contribution in [0.15, 0.2) is 6.07 Å². The van der Waals surface area contributed by atoms with Gasteiger partial charge in [-0.05, 0) is 19.9 Å². The van der Waals surface area contributed by atoms with Gasteiger partial charge in [0.25, 0.3) is 5.91 Å². The van der Waals surface area contributed by atoms with E-state index >= 15 is 0 Å². The van der Waals surface area contributed by atoms with Crippen LogP contribution in [0, 0.1) is 23.3 Å². The van der Waals surface area contributed by atoms with E-state index in [0.29, 0.717) is 0 Å². The van der Waals surface area contributed by atoms with E-state index in [2.05, 4.69) is 0 Å². The first-order valence-electron chi connectivity index (χ1n) is 6.06. The minimum absolute atomic E-state index is 0.00661. The summed E-state index contributed by atoms with van der Waals surface area (Å²) < 4.78 is 52.7. The minimum atomic E-state index is -2.08. The number of carbonyl (C=O) groups excluding carboxylic acids is 1. The number of hydrogen-bond donors (Lipinski definition) is 1. The summed E-state index contributed by atoms with van der Waals surface area (Å²) in [4.78, 5) is 23.6. The average molecular weight is 307 g/mol. The molecule has 1 aromatic rings. The Morgan fingerprint density at radius 3 is 2.24 bits per heavy atom. The lowest BCUT2D eigenvalue weighted by atomic mass is 10.1. The number of hydrogen-bond acceptors (Lipinski definition) is 2. The number of carboxylic acids is 1.